The zero-order valence-corrected chi connectivity index (χ0v) is 13.4. The Morgan fingerprint density at radius 3 is 2.69 bits per heavy atom. The second-order valence-electron chi connectivity index (χ2n) is 5.15. The number of carbonyl (C=O) groups is 2. The highest BCUT2D eigenvalue weighted by Crippen LogP contribution is 2.36. The predicted octanol–water partition coefficient (Wildman–Crippen LogP) is 2.86. The number of fused-ring (bicyclic) bond motifs is 1. The van der Waals surface area contributed by atoms with E-state index in [9.17, 15) is 24.5 Å². The van der Waals surface area contributed by atoms with E-state index in [0.717, 1.165) is 11.0 Å². The Morgan fingerprint density at radius 2 is 1.96 bits per heavy atom. The average molecular weight is 373 g/mol. The molecule has 1 fully saturated rings. The Bertz CT molecular complexity index is 1170. The summed E-state index contributed by atoms with van der Waals surface area (Å²) in [5.41, 5.74) is 0.896. The number of benzene rings is 1. The number of rotatable bonds is 3. The lowest BCUT2D eigenvalue weighted by Crippen LogP contribution is -2.27. The first-order chi connectivity index (χ1) is 12.4. The van der Waals surface area contributed by atoms with Crippen molar-refractivity contribution < 1.29 is 23.3 Å². The number of aromatic nitrogens is 1. The molecule has 0 radical (unpaired) electrons. The van der Waals surface area contributed by atoms with Gasteiger partial charge in [0.1, 0.15) is 10.7 Å². The molecule has 2 amide bonds. The van der Waals surface area contributed by atoms with Gasteiger partial charge in [0.25, 0.3) is 11.1 Å². The van der Waals surface area contributed by atoms with Gasteiger partial charge in [-0.2, -0.15) is 0 Å². The summed E-state index contributed by atoms with van der Waals surface area (Å²) in [7, 11) is 0. The van der Waals surface area contributed by atoms with Gasteiger partial charge in [0.2, 0.25) is 0 Å². The molecular formula is C15H7N3O7S. The number of imide groups is 1. The molecule has 4 rings (SSSR count). The van der Waals surface area contributed by atoms with Gasteiger partial charge in [-0.05, 0) is 36.0 Å². The number of furan rings is 1. The van der Waals surface area contributed by atoms with E-state index < -0.39 is 27.7 Å². The van der Waals surface area contributed by atoms with Gasteiger partial charge in [-0.3, -0.25) is 24.7 Å². The molecule has 0 aliphatic carbocycles. The molecule has 0 saturated carbocycles. The van der Waals surface area contributed by atoms with Crippen molar-refractivity contribution >= 4 is 51.7 Å². The largest absolute Gasteiger partial charge is 0.433 e. The predicted molar refractivity (Wildman–Crippen MR) is 90.6 cm³/mol. The van der Waals surface area contributed by atoms with Crippen LogP contribution >= 0.6 is 11.8 Å². The van der Waals surface area contributed by atoms with E-state index in [1.54, 1.807) is 0 Å². The number of nitrogens with zero attached hydrogens (tertiary/aromatic N) is 2. The smallest absolute Gasteiger partial charge is 0.408 e. The summed E-state index contributed by atoms with van der Waals surface area (Å²) in [6.45, 7) is 0. The van der Waals surface area contributed by atoms with Crippen LogP contribution in [0.15, 0.2) is 48.9 Å². The van der Waals surface area contributed by atoms with Crippen molar-refractivity contribution in [1.29, 1.82) is 0 Å². The number of hydrogen-bond donors (Lipinski definition) is 1. The number of anilines is 1. The maximum absolute atomic E-state index is 12.5. The Kier molecular flexibility index (Phi) is 3.51. The number of H-pyrrole nitrogens is 1. The second-order valence-corrected chi connectivity index (χ2v) is 6.14. The summed E-state index contributed by atoms with van der Waals surface area (Å²) in [6.07, 6.45) is 1.26. The lowest BCUT2D eigenvalue weighted by Gasteiger charge is -2.11. The third-order valence-corrected chi connectivity index (χ3v) is 4.39. The standard InChI is InChI=1S/C15H7N3O7S/c19-13-11(6-8-2-4-12(24-8)18(22)23)26-15(21)17(13)7-1-3-10-9(5-7)16-14(20)25-10/h1-6H,(H,16,20)/b11-6-. The zero-order chi connectivity index (χ0) is 18.4. The highest BCUT2D eigenvalue weighted by molar-refractivity contribution is 8.19. The van der Waals surface area contributed by atoms with Crippen molar-refractivity contribution in [3.63, 3.8) is 0 Å². The first-order valence-corrected chi connectivity index (χ1v) is 7.89. The molecule has 0 atom stereocenters. The number of carbonyl (C=O) groups excluding carboxylic acids is 2. The molecule has 1 aromatic carbocycles. The molecule has 11 heteroatoms. The molecule has 10 nitrogen and oxygen atoms in total. The quantitative estimate of drug-likeness (QED) is 0.420. The molecule has 130 valence electrons. The van der Waals surface area contributed by atoms with E-state index >= 15 is 0 Å². The monoisotopic (exact) mass is 373 g/mol. The van der Waals surface area contributed by atoms with Crippen molar-refractivity contribution in [3.8, 4) is 0 Å². The number of thioether (sulfide) groups is 1. The number of oxazole rings is 1. The first kappa shape index (κ1) is 15.9. The lowest BCUT2D eigenvalue weighted by atomic mass is 10.2. The summed E-state index contributed by atoms with van der Waals surface area (Å²) in [4.78, 5) is 49.4. The van der Waals surface area contributed by atoms with Crippen LogP contribution < -0.4 is 10.7 Å². The number of nitro groups is 1. The van der Waals surface area contributed by atoms with Gasteiger partial charge in [0.05, 0.1) is 22.2 Å². The van der Waals surface area contributed by atoms with E-state index in [1.807, 2.05) is 0 Å². The first-order valence-electron chi connectivity index (χ1n) is 7.07. The summed E-state index contributed by atoms with van der Waals surface area (Å²) in [5.74, 6) is -1.64. The Labute approximate surface area is 147 Å². The van der Waals surface area contributed by atoms with E-state index in [1.165, 1.54) is 30.3 Å². The molecule has 1 aliphatic heterocycles. The summed E-state index contributed by atoms with van der Waals surface area (Å²) in [5, 5.41) is 10.1. The van der Waals surface area contributed by atoms with Crippen LogP contribution in [0.5, 0.6) is 0 Å². The van der Waals surface area contributed by atoms with Crippen LogP contribution in [-0.2, 0) is 4.79 Å². The van der Waals surface area contributed by atoms with Crippen molar-refractivity contribution in [1.82, 2.24) is 4.98 Å². The van der Waals surface area contributed by atoms with Gasteiger partial charge in [0, 0.05) is 6.08 Å². The van der Waals surface area contributed by atoms with Gasteiger partial charge >= 0.3 is 11.6 Å². The van der Waals surface area contributed by atoms with Gasteiger partial charge in [0.15, 0.2) is 5.58 Å². The van der Waals surface area contributed by atoms with Crippen molar-refractivity contribution in [2.45, 2.75) is 0 Å². The maximum Gasteiger partial charge on any atom is 0.433 e. The highest BCUT2D eigenvalue weighted by atomic mass is 32.2. The molecule has 26 heavy (non-hydrogen) atoms. The molecule has 0 bridgehead atoms. The zero-order valence-electron chi connectivity index (χ0n) is 12.6. The van der Waals surface area contributed by atoms with Crippen molar-refractivity contribution in [2.24, 2.45) is 0 Å². The molecule has 0 unspecified atom stereocenters. The van der Waals surface area contributed by atoms with Gasteiger partial charge in [-0.15, -0.1) is 0 Å². The summed E-state index contributed by atoms with van der Waals surface area (Å²) < 4.78 is 9.85. The number of amides is 2. The Hall–Kier alpha value is -3.60. The van der Waals surface area contributed by atoms with E-state index in [-0.39, 0.29) is 16.4 Å². The molecule has 1 saturated heterocycles. The van der Waals surface area contributed by atoms with Crippen LogP contribution in [-0.4, -0.2) is 21.1 Å². The number of hydrogen-bond acceptors (Lipinski definition) is 8. The average Bonchev–Trinajstić information content (AvgIpc) is 3.25. The number of nitrogens with one attached hydrogen (secondary N) is 1. The normalized spacial score (nSPS) is 16.2. The van der Waals surface area contributed by atoms with Gasteiger partial charge in [-0.1, -0.05) is 0 Å². The summed E-state index contributed by atoms with van der Waals surface area (Å²) >= 11 is 0.673. The van der Waals surface area contributed by atoms with Crippen LogP contribution in [0.3, 0.4) is 0 Å². The highest BCUT2D eigenvalue weighted by Gasteiger charge is 2.36. The molecule has 3 heterocycles. The van der Waals surface area contributed by atoms with Crippen LogP contribution in [0.25, 0.3) is 17.2 Å². The van der Waals surface area contributed by atoms with Crippen LogP contribution in [0, 0.1) is 10.1 Å². The third kappa shape index (κ3) is 2.59. The molecular weight excluding hydrogens is 366 g/mol. The maximum atomic E-state index is 12.5. The van der Waals surface area contributed by atoms with E-state index in [0.29, 0.717) is 22.9 Å². The van der Waals surface area contributed by atoms with E-state index in [2.05, 4.69) is 4.98 Å². The minimum atomic E-state index is -0.704. The fourth-order valence-corrected chi connectivity index (χ4v) is 3.24. The van der Waals surface area contributed by atoms with Crippen molar-refractivity contribution in [3.05, 3.63) is 61.7 Å². The second kappa shape index (κ2) is 5.74. The fourth-order valence-electron chi connectivity index (χ4n) is 2.42. The Morgan fingerprint density at radius 1 is 1.15 bits per heavy atom. The van der Waals surface area contributed by atoms with Crippen LogP contribution in [0.4, 0.5) is 16.4 Å². The molecule has 1 N–H and O–H groups in total. The molecule has 0 spiro atoms. The minimum Gasteiger partial charge on any atom is -0.408 e. The van der Waals surface area contributed by atoms with Crippen molar-refractivity contribution in [2.75, 3.05) is 4.90 Å². The number of aromatic amines is 1. The Balaban J connectivity index is 1.68. The van der Waals surface area contributed by atoms with Crippen LogP contribution in [0.2, 0.25) is 0 Å². The van der Waals surface area contributed by atoms with Gasteiger partial charge < -0.3 is 8.83 Å². The molecule has 3 aromatic rings. The third-order valence-electron chi connectivity index (χ3n) is 3.52. The topological polar surface area (TPSA) is 140 Å². The van der Waals surface area contributed by atoms with Crippen LogP contribution in [0.1, 0.15) is 5.76 Å². The molecule has 1 aliphatic rings. The van der Waals surface area contributed by atoms with Gasteiger partial charge in [-0.25, -0.2) is 9.69 Å². The molecule has 2 aromatic heterocycles. The van der Waals surface area contributed by atoms with E-state index in [4.69, 9.17) is 8.83 Å². The minimum absolute atomic E-state index is 0.0556. The lowest BCUT2D eigenvalue weighted by molar-refractivity contribution is -0.402. The summed E-state index contributed by atoms with van der Waals surface area (Å²) in [6, 6.07) is 6.85. The fraction of sp³-hybridized carbons (Fsp3) is 0. The SMILES string of the molecule is O=C1S/C(=C\c2ccc([N+](=O)[O-])o2)C(=O)N1c1ccc2oc(=O)[nH]c2c1.